The predicted octanol–water partition coefficient (Wildman–Crippen LogP) is -0.189. The molecule has 2 heteroatoms. The number of para-hydroxylation sites is 1. The molecular weight excluding hydrogens is 250 g/mol. The summed E-state index contributed by atoms with van der Waals surface area (Å²) in [7, 11) is 0. The van der Waals surface area contributed by atoms with Gasteiger partial charge in [0.05, 0.1) is 5.39 Å². The smallest absolute Gasteiger partial charge is 0.211 e. The lowest BCUT2D eigenvalue weighted by Crippen LogP contribution is -3.00. The molecule has 0 unspecified atom stereocenters. The molecule has 0 aliphatic heterocycles. The van der Waals surface area contributed by atoms with Gasteiger partial charge in [-0.1, -0.05) is 30.3 Å². The molecule has 74 valence electrons. The van der Waals surface area contributed by atoms with Gasteiger partial charge in [0, 0.05) is 16.8 Å². The summed E-state index contributed by atoms with van der Waals surface area (Å²) >= 11 is 0. The average Bonchev–Trinajstić information content (AvgIpc) is 2.29. The normalized spacial score (nSPS) is 10.1. The second kappa shape index (κ2) is 3.99. The van der Waals surface area contributed by atoms with Crippen LogP contribution in [0, 0.1) is 0 Å². The number of hydrogen-bond donors (Lipinski definition) is 0. The van der Waals surface area contributed by atoms with Gasteiger partial charge in [-0.05, 0) is 12.1 Å². The second-order valence-corrected chi connectivity index (χ2v) is 3.42. The number of aromatic amines is 1. The third-order valence-corrected chi connectivity index (χ3v) is 2.56. The fourth-order valence-corrected chi connectivity index (χ4v) is 1.87. The minimum absolute atomic E-state index is 0. The Balaban J connectivity index is 0.000000853. The Kier molecular flexibility index (Phi) is 2.69. The van der Waals surface area contributed by atoms with Crippen molar-refractivity contribution in [2.45, 2.75) is 0 Å². The number of benzene rings is 2. The second-order valence-electron chi connectivity index (χ2n) is 3.42. The van der Waals surface area contributed by atoms with Gasteiger partial charge in [0.25, 0.3) is 0 Å². The first-order valence-corrected chi connectivity index (χ1v) is 4.73. The van der Waals surface area contributed by atoms with Gasteiger partial charge in [0.2, 0.25) is 5.52 Å². The van der Waals surface area contributed by atoms with Crippen molar-refractivity contribution >= 4 is 21.7 Å². The van der Waals surface area contributed by atoms with Crippen molar-refractivity contribution in [3.8, 4) is 0 Å². The van der Waals surface area contributed by atoms with E-state index in [0.29, 0.717) is 0 Å². The molecule has 1 N–H and O–H groups in total. The molecule has 0 aliphatic carbocycles. The summed E-state index contributed by atoms with van der Waals surface area (Å²) in [5, 5.41) is 3.85. The zero-order valence-corrected chi connectivity index (χ0v) is 9.66. The lowest BCUT2D eigenvalue weighted by Gasteiger charge is -1.97. The van der Waals surface area contributed by atoms with E-state index in [9.17, 15) is 0 Å². The van der Waals surface area contributed by atoms with Gasteiger partial charge in [-0.25, -0.2) is 4.98 Å². The third kappa shape index (κ3) is 1.61. The van der Waals surface area contributed by atoms with E-state index >= 15 is 0 Å². The van der Waals surface area contributed by atoms with Crippen molar-refractivity contribution in [3.05, 3.63) is 54.7 Å². The van der Waals surface area contributed by atoms with Gasteiger partial charge >= 0.3 is 0 Å². The van der Waals surface area contributed by atoms with E-state index in [1.54, 1.807) is 0 Å². The number of halogens is 1. The molecule has 1 aromatic heterocycles. The Hall–Kier alpha value is -1.41. The van der Waals surface area contributed by atoms with E-state index in [-0.39, 0.29) is 17.0 Å². The SMILES string of the molecule is [Br-].c1ccc2c(c1)c[nH+]c1ccccc12. The molecule has 0 aliphatic rings. The number of aromatic nitrogens is 1. The van der Waals surface area contributed by atoms with Gasteiger partial charge in [-0.3, -0.25) is 0 Å². The van der Waals surface area contributed by atoms with Crippen LogP contribution in [0.15, 0.2) is 54.7 Å². The molecule has 0 fully saturated rings. The highest BCUT2D eigenvalue weighted by atomic mass is 79.9. The summed E-state index contributed by atoms with van der Waals surface area (Å²) in [4.78, 5) is 3.29. The van der Waals surface area contributed by atoms with Crippen LogP contribution in [0.4, 0.5) is 0 Å². The molecule has 0 atom stereocenters. The molecule has 0 radical (unpaired) electrons. The lowest BCUT2D eigenvalue weighted by atomic mass is 10.1. The van der Waals surface area contributed by atoms with Gasteiger partial charge < -0.3 is 17.0 Å². The topological polar surface area (TPSA) is 14.1 Å². The van der Waals surface area contributed by atoms with Crippen LogP contribution in [0.1, 0.15) is 0 Å². The van der Waals surface area contributed by atoms with Crippen molar-refractivity contribution in [2.75, 3.05) is 0 Å². The van der Waals surface area contributed by atoms with Crippen LogP contribution in [0.2, 0.25) is 0 Å². The van der Waals surface area contributed by atoms with Gasteiger partial charge in [-0.15, -0.1) is 0 Å². The first-order chi connectivity index (χ1) is 6.95. The molecule has 3 aromatic rings. The number of H-pyrrole nitrogens is 1. The van der Waals surface area contributed by atoms with Crippen molar-refractivity contribution in [1.82, 2.24) is 0 Å². The number of rotatable bonds is 0. The minimum atomic E-state index is 0. The number of pyridine rings is 1. The fourth-order valence-electron chi connectivity index (χ4n) is 1.87. The molecule has 0 saturated carbocycles. The van der Waals surface area contributed by atoms with E-state index in [4.69, 9.17) is 0 Å². The van der Waals surface area contributed by atoms with Crippen LogP contribution >= 0.6 is 0 Å². The maximum Gasteiger partial charge on any atom is 0.211 e. The van der Waals surface area contributed by atoms with Crippen LogP contribution < -0.4 is 22.0 Å². The zero-order valence-electron chi connectivity index (χ0n) is 8.07. The van der Waals surface area contributed by atoms with Crippen LogP contribution in [0.5, 0.6) is 0 Å². The summed E-state index contributed by atoms with van der Waals surface area (Å²) in [6, 6.07) is 16.8. The molecule has 0 amide bonds. The molecule has 3 rings (SSSR count). The quantitative estimate of drug-likeness (QED) is 0.498. The maximum atomic E-state index is 3.29. The van der Waals surface area contributed by atoms with Crippen molar-refractivity contribution < 1.29 is 22.0 Å². The first-order valence-electron chi connectivity index (χ1n) is 4.73. The summed E-state index contributed by atoms with van der Waals surface area (Å²) < 4.78 is 0. The van der Waals surface area contributed by atoms with E-state index in [1.165, 1.54) is 21.7 Å². The molecule has 0 bridgehead atoms. The summed E-state index contributed by atoms with van der Waals surface area (Å²) in [5.74, 6) is 0. The standard InChI is InChI=1S/C13H9N.BrH/c1-2-6-11-10(5-1)9-14-13-8-4-3-7-12(11)13;/h1-9H;1H. The molecule has 0 saturated heterocycles. The first kappa shape index (κ1) is 10.1. The summed E-state index contributed by atoms with van der Waals surface area (Å²) in [6.07, 6.45) is 2.05. The molecule has 1 heterocycles. The number of fused-ring (bicyclic) bond motifs is 3. The summed E-state index contributed by atoms with van der Waals surface area (Å²) in [6.45, 7) is 0. The largest absolute Gasteiger partial charge is 1.00 e. The van der Waals surface area contributed by atoms with Gasteiger partial charge in [0.15, 0.2) is 6.20 Å². The van der Waals surface area contributed by atoms with Gasteiger partial charge in [-0.2, -0.15) is 0 Å². The molecule has 1 nitrogen and oxygen atoms in total. The monoisotopic (exact) mass is 259 g/mol. The highest BCUT2D eigenvalue weighted by Crippen LogP contribution is 2.20. The Labute approximate surface area is 98.5 Å². The Morgan fingerprint density at radius 2 is 1.40 bits per heavy atom. The van der Waals surface area contributed by atoms with Crippen molar-refractivity contribution in [1.29, 1.82) is 0 Å². The Bertz CT molecular complexity index is 550. The van der Waals surface area contributed by atoms with Crippen LogP contribution in [0.3, 0.4) is 0 Å². The highest BCUT2D eigenvalue weighted by Gasteiger charge is 2.03. The third-order valence-electron chi connectivity index (χ3n) is 2.56. The van der Waals surface area contributed by atoms with Crippen LogP contribution in [-0.2, 0) is 0 Å². The van der Waals surface area contributed by atoms with E-state index < -0.39 is 0 Å². The minimum Gasteiger partial charge on any atom is -1.00 e. The van der Waals surface area contributed by atoms with Crippen molar-refractivity contribution in [3.63, 3.8) is 0 Å². The van der Waals surface area contributed by atoms with Gasteiger partial charge in [0.1, 0.15) is 0 Å². The molecule has 15 heavy (non-hydrogen) atoms. The molecule has 2 aromatic carbocycles. The number of hydrogen-bond acceptors (Lipinski definition) is 0. The van der Waals surface area contributed by atoms with E-state index in [0.717, 1.165) is 0 Å². The molecular formula is C13H10BrN. The average molecular weight is 260 g/mol. The van der Waals surface area contributed by atoms with E-state index in [2.05, 4.69) is 53.6 Å². The van der Waals surface area contributed by atoms with Crippen LogP contribution in [-0.4, -0.2) is 0 Å². The fraction of sp³-hybridized carbons (Fsp3) is 0. The lowest BCUT2D eigenvalue weighted by molar-refractivity contribution is -0.342. The van der Waals surface area contributed by atoms with E-state index in [1.807, 2.05) is 6.07 Å². The summed E-state index contributed by atoms with van der Waals surface area (Å²) in [5.41, 5.74) is 1.19. The highest BCUT2D eigenvalue weighted by molar-refractivity contribution is 6.03. The number of nitrogens with one attached hydrogen (secondary N) is 1. The molecule has 0 spiro atoms. The van der Waals surface area contributed by atoms with Crippen molar-refractivity contribution in [2.24, 2.45) is 0 Å². The Morgan fingerprint density at radius 3 is 2.27 bits per heavy atom. The zero-order chi connectivity index (χ0) is 9.38. The van der Waals surface area contributed by atoms with Crippen LogP contribution in [0.25, 0.3) is 21.7 Å². The Morgan fingerprint density at radius 1 is 0.733 bits per heavy atom. The predicted molar refractivity (Wildman–Crippen MR) is 58.0 cm³/mol. The maximum absolute atomic E-state index is 3.29.